The zero-order valence-corrected chi connectivity index (χ0v) is 39.3. The molecule has 0 bridgehead atoms. The van der Waals surface area contributed by atoms with E-state index in [0.717, 1.165) is 56.0 Å². The molecule has 330 valence electrons. The quantitative estimate of drug-likeness (QED) is 0.0725. The number of fused-ring (bicyclic) bond motifs is 6. The molecule has 0 N–H and O–H groups in total. The van der Waals surface area contributed by atoms with Crippen LogP contribution in [-0.4, -0.2) is 0 Å². The molecule has 0 radical (unpaired) electrons. The third-order valence-corrected chi connectivity index (χ3v) is 13.6. The van der Waals surface area contributed by atoms with Crippen LogP contribution in [0.4, 0.5) is 28.4 Å². The average molecular weight is 885 g/mol. The minimum atomic E-state index is 0.893. The summed E-state index contributed by atoms with van der Waals surface area (Å²) in [6.45, 7) is 15.5. The number of hydrogen-bond donors (Lipinski definition) is 0. The molecule has 0 heterocycles. The lowest BCUT2D eigenvalue weighted by atomic mass is 9.82. The summed E-state index contributed by atoms with van der Waals surface area (Å²) >= 11 is 0. The molecule has 0 saturated heterocycles. The molecule has 0 aliphatic heterocycles. The second kappa shape index (κ2) is 18.2. The molecular weight excluding hydrogens is 833 g/mol. The molecule has 0 aliphatic rings. The summed E-state index contributed by atoms with van der Waals surface area (Å²) in [6, 6.07) is 81.6. The summed E-state index contributed by atoms with van der Waals surface area (Å²) in [7, 11) is 0. The van der Waals surface area contributed by atoms with Gasteiger partial charge in [-0.3, -0.25) is 0 Å². The number of aryl methyl sites for hydroxylation is 1. The largest absolute Gasteiger partial charge is 0.315 e. The van der Waals surface area contributed by atoms with E-state index in [9.17, 15) is 0 Å². The van der Waals surface area contributed by atoms with Gasteiger partial charge in [0.05, 0.1) is 0 Å². The number of para-hydroxylation sites is 1. The Morgan fingerprint density at radius 3 is 1.58 bits per heavy atom. The van der Waals surface area contributed by atoms with Crippen molar-refractivity contribution in [2.24, 2.45) is 0 Å². The van der Waals surface area contributed by atoms with Gasteiger partial charge in [0.15, 0.2) is 0 Å². The van der Waals surface area contributed by atoms with Crippen LogP contribution in [0.5, 0.6) is 0 Å². The fourth-order valence-electron chi connectivity index (χ4n) is 10.3. The normalized spacial score (nSPS) is 11.6. The van der Waals surface area contributed by atoms with Crippen molar-refractivity contribution in [3.63, 3.8) is 0 Å². The van der Waals surface area contributed by atoms with E-state index in [0.29, 0.717) is 0 Å². The molecule has 0 atom stereocenters. The van der Waals surface area contributed by atoms with Crippen LogP contribution in [0.1, 0.15) is 25.0 Å². The highest BCUT2D eigenvalue weighted by atomic mass is 15.1. The van der Waals surface area contributed by atoms with Crippen LogP contribution in [0.15, 0.2) is 255 Å². The van der Waals surface area contributed by atoms with Crippen LogP contribution >= 0.6 is 0 Å². The molecule has 69 heavy (non-hydrogen) atoms. The number of nitrogens with zero attached hydrogens (tertiary/aromatic N) is 2. The van der Waals surface area contributed by atoms with Crippen molar-refractivity contribution >= 4 is 77.1 Å². The van der Waals surface area contributed by atoms with Gasteiger partial charge < -0.3 is 9.80 Å². The fraction of sp³-hybridized carbons (Fsp3) is 0.0448. The van der Waals surface area contributed by atoms with Crippen LogP contribution in [0.25, 0.3) is 82.0 Å². The first-order valence-electron chi connectivity index (χ1n) is 23.8. The van der Waals surface area contributed by atoms with Gasteiger partial charge >= 0.3 is 0 Å². The standard InChI is InChI=1S/C67H52N2/c1-6-46(4)64-62-35-31-52-42-57(68(47(5)7-2)59-40-45(3)39-54(44-59)49-23-14-9-15-24-49)33-37-61(52)67(62)65(50-25-16-10-17-26-50)63-36-32-53-43-58(34-38-60(53)66(63)64)69(55-28-18-11-19-29-55)56-30-20-27-51(41-56)48-21-12-8-13-22-48/h6-44H,1,4H2,2-3,5H3. The van der Waals surface area contributed by atoms with Crippen molar-refractivity contribution in [2.75, 3.05) is 9.80 Å². The Morgan fingerprint density at radius 1 is 0.420 bits per heavy atom. The topological polar surface area (TPSA) is 6.48 Å². The van der Waals surface area contributed by atoms with Crippen LogP contribution in [-0.2, 0) is 0 Å². The van der Waals surface area contributed by atoms with Gasteiger partial charge in [0, 0.05) is 34.1 Å². The molecule has 2 nitrogen and oxygen atoms in total. The highest BCUT2D eigenvalue weighted by molar-refractivity contribution is 6.30. The fourth-order valence-corrected chi connectivity index (χ4v) is 10.3. The molecule has 11 aromatic rings. The van der Waals surface area contributed by atoms with E-state index in [1.165, 1.54) is 71.3 Å². The van der Waals surface area contributed by atoms with Crippen LogP contribution in [0, 0.1) is 6.92 Å². The van der Waals surface area contributed by atoms with E-state index in [4.69, 9.17) is 0 Å². The second-order valence-electron chi connectivity index (χ2n) is 17.9. The van der Waals surface area contributed by atoms with Crippen LogP contribution in [0.2, 0.25) is 0 Å². The summed E-state index contributed by atoms with van der Waals surface area (Å²) in [6.07, 6.45) is 4.11. The summed E-state index contributed by atoms with van der Waals surface area (Å²) in [5.41, 5.74) is 17.0. The van der Waals surface area contributed by atoms with E-state index >= 15 is 0 Å². The first-order valence-corrected chi connectivity index (χ1v) is 23.8. The first kappa shape index (κ1) is 42.9. The van der Waals surface area contributed by atoms with E-state index < -0.39 is 0 Å². The average Bonchev–Trinajstić information content (AvgIpc) is 3.40. The first-order chi connectivity index (χ1) is 33.9. The molecule has 0 fully saturated rings. The predicted octanol–water partition coefficient (Wildman–Crippen LogP) is 19.3. The van der Waals surface area contributed by atoms with Gasteiger partial charge in [0.25, 0.3) is 0 Å². The van der Waals surface area contributed by atoms with E-state index in [1.807, 2.05) is 6.08 Å². The molecular formula is C67H52N2. The lowest BCUT2D eigenvalue weighted by molar-refractivity contribution is 1.15. The van der Waals surface area contributed by atoms with Gasteiger partial charge in [-0.1, -0.05) is 189 Å². The summed E-state index contributed by atoms with van der Waals surface area (Å²) in [4.78, 5) is 4.74. The molecule has 0 unspecified atom stereocenters. The van der Waals surface area contributed by atoms with Crippen LogP contribution in [0.3, 0.4) is 0 Å². The summed E-state index contributed by atoms with van der Waals surface area (Å²) in [5, 5.41) is 9.38. The second-order valence-corrected chi connectivity index (χ2v) is 17.9. The van der Waals surface area contributed by atoms with E-state index in [1.54, 1.807) is 0 Å². The minimum Gasteiger partial charge on any atom is -0.315 e. The summed E-state index contributed by atoms with van der Waals surface area (Å²) in [5.74, 6) is 0. The lowest BCUT2D eigenvalue weighted by Crippen LogP contribution is -2.14. The van der Waals surface area contributed by atoms with Crippen molar-refractivity contribution in [1.29, 1.82) is 0 Å². The minimum absolute atomic E-state index is 0.893. The van der Waals surface area contributed by atoms with Crippen molar-refractivity contribution in [1.82, 2.24) is 0 Å². The maximum atomic E-state index is 4.69. The maximum absolute atomic E-state index is 4.69. The molecule has 0 amide bonds. The monoisotopic (exact) mass is 884 g/mol. The van der Waals surface area contributed by atoms with Gasteiger partial charge in [0.1, 0.15) is 0 Å². The van der Waals surface area contributed by atoms with Gasteiger partial charge in [0.2, 0.25) is 0 Å². The molecule has 11 rings (SSSR count). The Labute approximate surface area is 405 Å². The molecule has 2 heteroatoms. The zero-order chi connectivity index (χ0) is 47.0. The maximum Gasteiger partial charge on any atom is 0.0468 e. The Morgan fingerprint density at radius 2 is 0.928 bits per heavy atom. The highest BCUT2D eigenvalue weighted by Crippen LogP contribution is 2.48. The Bertz CT molecular complexity index is 3780. The number of allylic oxidation sites excluding steroid dienone is 4. The Kier molecular flexibility index (Phi) is 11.3. The van der Waals surface area contributed by atoms with Gasteiger partial charge in [-0.25, -0.2) is 0 Å². The predicted molar refractivity (Wildman–Crippen MR) is 299 cm³/mol. The van der Waals surface area contributed by atoms with Crippen molar-refractivity contribution in [3.05, 3.63) is 267 Å². The highest BCUT2D eigenvalue weighted by Gasteiger charge is 2.23. The van der Waals surface area contributed by atoms with Gasteiger partial charge in [-0.2, -0.15) is 0 Å². The van der Waals surface area contributed by atoms with Crippen molar-refractivity contribution in [3.8, 4) is 33.4 Å². The SMILES string of the molecule is C=CC(=C)c1c2ccc3cc(N(C(C)=CC)c4cc(C)cc(-c5ccccc5)c4)ccc3c2c(-c2ccccc2)c2ccc3cc(N(c4ccccc4)c4cccc(-c5ccccc5)c4)ccc3c12. The van der Waals surface area contributed by atoms with Gasteiger partial charge in [-0.15, -0.1) is 0 Å². The zero-order valence-electron chi connectivity index (χ0n) is 39.3. The number of rotatable bonds is 11. The molecule has 11 aromatic carbocycles. The third kappa shape index (κ3) is 7.86. The van der Waals surface area contributed by atoms with E-state index in [2.05, 4.69) is 274 Å². The molecule has 0 aromatic heterocycles. The lowest BCUT2D eigenvalue weighted by Gasteiger charge is -2.28. The van der Waals surface area contributed by atoms with E-state index in [-0.39, 0.29) is 0 Å². The summed E-state index contributed by atoms with van der Waals surface area (Å²) < 4.78 is 0. The number of anilines is 5. The van der Waals surface area contributed by atoms with Crippen molar-refractivity contribution < 1.29 is 0 Å². The Balaban J connectivity index is 1.13. The van der Waals surface area contributed by atoms with Crippen molar-refractivity contribution in [2.45, 2.75) is 20.8 Å². The van der Waals surface area contributed by atoms with Gasteiger partial charge in [-0.05, 0) is 175 Å². The number of hydrogen-bond acceptors (Lipinski definition) is 2. The third-order valence-electron chi connectivity index (χ3n) is 13.6. The molecule has 0 spiro atoms. The Hall–Kier alpha value is -8.72. The molecule has 0 saturated carbocycles. The number of benzene rings is 11. The molecule has 0 aliphatic carbocycles. The smallest absolute Gasteiger partial charge is 0.0468 e. The van der Waals surface area contributed by atoms with Crippen LogP contribution < -0.4 is 9.80 Å².